The highest BCUT2D eigenvalue weighted by Gasteiger charge is 2.21. The average molecular weight is 286 g/mol. The molecular weight excluding hydrogens is 256 g/mol. The summed E-state index contributed by atoms with van der Waals surface area (Å²) in [5, 5.41) is 3.86. The van der Waals surface area contributed by atoms with Crippen molar-refractivity contribution in [3.63, 3.8) is 0 Å². The molecule has 1 saturated heterocycles. The van der Waals surface area contributed by atoms with Crippen LogP contribution in [0.1, 0.15) is 50.5 Å². The normalized spacial score (nSPS) is 24.2. The van der Waals surface area contributed by atoms with Crippen molar-refractivity contribution in [3.05, 3.63) is 29.8 Å². The van der Waals surface area contributed by atoms with Gasteiger partial charge in [-0.1, -0.05) is 31.4 Å². The fourth-order valence-electron chi connectivity index (χ4n) is 3.93. The molecule has 1 aromatic carbocycles. The third-order valence-electron chi connectivity index (χ3n) is 5.21. The van der Waals surface area contributed by atoms with Crippen molar-refractivity contribution in [2.45, 2.75) is 57.9 Å². The van der Waals surface area contributed by atoms with Gasteiger partial charge in [-0.05, 0) is 62.8 Å². The molecule has 2 heteroatoms. The summed E-state index contributed by atoms with van der Waals surface area (Å²) in [5.74, 6) is 0.938. The van der Waals surface area contributed by atoms with Crippen molar-refractivity contribution in [1.82, 2.24) is 5.32 Å². The highest BCUT2D eigenvalue weighted by molar-refractivity contribution is 5.48. The molecule has 1 atom stereocenters. The van der Waals surface area contributed by atoms with Crippen molar-refractivity contribution in [1.29, 1.82) is 0 Å². The van der Waals surface area contributed by atoms with Gasteiger partial charge in [-0.2, -0.15) is 0 Å². The first-order valence-corrected chi connectivity index (χ1v) is 8.86. The van der Waals surface area contributed by atoms with Crippen LogP contribution in [0.4, 0.5) is 5.69 Å². The fraction of sp³-hybridized carbons (Fsp3) is 0.684. The van der Waals surface area contributed by atoms with E-state index in [0.29, 0.717) is 6.04 Å². The summed E-state index contributed by atoms with van der Waals surface area (Å²) in [5.41, 5.74) is 2.77. The molecular formula is C19H30N2. The zero-order chi connectivity index (χ0) is 14.5. The van der Waals surface area contributed by atoms with Gasteiger partial charge in [-0.15, -0.1) is 0 Å². The number of nitrogens with zero attached hydrogens (tertiary/aromatic N) is 1. The Morgan fingerprint density at radius 3 is 2.76 bits per heavy atom. The molecule has 1 aromatic rings. The van der Waals surface area contributed by atoms with Gasteiger partial charge in [0.25, 0.3) is 0 Å². The number of rotatable bonds is 4. The van der Waals surface area contributed by atoms with Crippen LogP contribution in [0.15, 0.2) is 24.3 Å². The predicted octanol–water partition coefficient (Wildman–Crippen LogP) is 4.13. The summed E-state index contributed by atoms with van der Waals surface area (Å²) in [7, 11) is 0. The van der Waals surface area contributed by atoms with Gasteiger partial charge in [0.2, 0.25) is 0 Å². The Kier molecular flexibility index (Phi) is 5.18. The molecule has 3 rings (SSSR count). The summed E-state index contributed by atoms with van der Waals surface area (Å²) in [6.45, 7) is 5.82. The molecule has 0 radical (unpaired) electrons. The van der Waals surface area contributed by atoms with Gasteiger partial charge in [0, 0.05) is 24.8 Å². The van der Waals surface area contributed by atoms with Crippen LogP contribution in [0.2, 0.25) is 0 Å². The van der Waals surface area contributed by atoms with Gasteiger partial charge in [0.1, 0.15) is 0 Å². The summed E-state index contributed by atoms with van der Waals surface area (Å²) < 4.78 is 0. The smallest absolute Gasteiger partial charge is 0.0369 e. The second kappa shape index (κ2) is 7.31. The number of aryl methyl sites for hydroxylation is 1. The van der Waals surface area contributed by atoms with E-state index in [1.165, 1.54) is 75.8 Å². The number of hydrogen-bond acceptors (Lipinski definition) is 2. The summed E-state index contributed by atoms with van der Waals surface area (Å²) in [4.78, 5) is 2.56. The lowest BCUT2D eigenvalue weighted by Gasteiger charge is -2.36. The second-order valence-corrected chi connectivity index (χ2v) is 7.04. The lowest BCUT2D eigenvalue weighted by Crippen LogP contribution is -2.47. The fourth-order valence-corrected chi connectivity index (χ4v) is 3.93. The average Bonchev–Trinajstić information content (AvgIpc) is 2.54. The molecule has 1 heterocycles. The van der Waals surface area contributed by atoms with Crippen LogP contribution < -0.4 is 10.2 Å². The topological polar surface area (TPSA) is 15.3 Å². The Morgan fingerprint density at radius 1 is 1.10 bits per heavy atom. The van der Waals surface area contributed by atoms with Gasteiger partial charge in [-0.25, -0.2) is 0 Å². The van der Waals surface area contributed by atoms with Gasteiger partial charge in [0.15, 0.2) is 0 Å². The van der Waals surface area contributed by atoms with Gasteiger partial charge >= 0.3 is 0 Å². The molecule has 0 spiro atoms. The maximum absolute atomic E-state index is 3.86. The zero-order valence-corrected chi connectivity index (χ0v) is 13.5. The number of benzene rings is 1. The third-order valence-corrected chi connectivity index (χ3v) is 5.21. The zero-order valence-electron chi connectivity index (χ0n) is 13.5. The molecule has 0 aromatic heterocycles. The van der Waals surface area contributed by atoms with E-state index >= 15 is 0 Å². The predicted molar refractivity (Wildman–Crippen MR) is 91.0 cm³/mol. The summed E-state index contributed by atoms with van der Waals surface area (Å²) >= 11 is 0. The van der Waals surface area contributed by atoms with Crippen LogP contribution in [0, 0.1) is 12.8 Å². The van der Waals surface area contributed by atoms with Crippen molar-refractivity contribution in [3.8, 4) is 0 Å². The largest absolute Gasteiger partial charge is 0.370 e. The molecule has 21 heavy (non-hydrogen) atoms. The minimum Gasteiger partial charge on any atom is -0.370 e. The minimum absolute atomic E-state index is 0.682. The molecule has 1 aliphatic heterocycles. The number of piperidine rings is 1. The lowest BCUT2D eigenvalue weighted by atomic mass is 9.89. The second-order valence-electron chi connectivity index (χ2n) is 7.04. The van der Waals surface area contributed by atoms with E-state index in [0.717, 1.165) is 5.92 Å². The number of hydrogen-bond donors (Lipinski definition) is 1. The van der Waals surface area contributed by atoms with Crippen LogP contribution in [-0.2, 0) is 0 Å². The SMILES string of the molecule is Cc1cccc(N2CCCC(NCC3CCCCC3)C2)c1. The molecule has 1 saturated carbocycles. The molecule has 0 amide bonds. The summed E-state index contributed by atoms with van der Waals surface area (Å²) in [6.07, 6.45) is 9.91. The monoisotopic (exact) mass is 286 g/mol. The Bertz CT molecular complexity index is 437. The van der Waals surface area contributed by atoms with Crippen LogP contribution in [-0.4, -0.2) is 25.7 Å². The first-order valence-electron chi connectivity index (χ1n) is 8.86. The van der Waals surface area contributed by atoms with Crippen molar-refractivity contribution in [2.75, 3.05) is 24.5 Å². The molecule has 2 nitrogen and oxygen atoms in total. The first kappa shape index (κ1) is 14.9. The van der Waals surface area contributed by atoms with E-state index < -0.39 is 0 Å². The van der Waals surface area contributed by atoms with Crippen LogP contribution in [0.25, 0.3) is 0 Å². The summed E-state index contributed by atoms with van der Waals surface area (Å²) in [6, 6.07) is 9.64. The maximum Gasteiger partial charge on any atom is 0.0369 e. The van der Waals surface area contributed by atoms with Crippen LogP contribution in [0.5, 0.6) is 0 Å². The van der Waals surface area contributed by atoms with Crippen molar-refractivity contribution < 1.29 is 0 Å². The minimum atomic E-state index is 0.682. The maximum atomic E-state index is 3.86. The van der Waals surface area contributed by atoms with E-state index in [-0.39, 0.29) is 0 Å². The van der Waals surface area contributed by atoms with E-state index in [1.54, 1.807) is 0 Å². The van der Waals surface area contributed by atoms with Crippen LogP contribution in [0.3, 0.4) is 0 Å². The van der Waals surface area contributed by atoms with Crippen LogP contribution >= 0.6 is 0 Å². The van der Waals surface area contributed by atoms with Gasteiger partial charge in [-0.3, -0.25) is 0 Å². The van der Waals surface area contributed by atoms with Gasteiger partial charge in [0.05, 0.1) is 0 Å². The Hall–Kier alpha value is -1.02. The first-order chi connectivity index (χ1) is 10.3. The van der Waals surface area contributed by atoms with E-state index in [9.17, 15) is 0 Å². The molecule has 0 bridgehead atoms. The Balaban J connectivity index is 1.51. The van der Waals surface area contributed by atoms with Crippen molar-refractivity contribution in [2.24, 2.45) is 5.92 Å². The molecule has 116 valence electrons. The number of nitrogens with one attached hydrogen (secondary N) is 1. The van der Waals surface area contributed by atoms with Crippen molar-refractivity contribution >= 4 is 5.69 Å². The standard InChI is InChI=1S/C19H30N2/c1-16-7-5-11-19(13-16)21-12-6-10-18(15-21)20-14-17-8-3-2-4-9-17/h5,7,11,13,17-18,20H,2-4,6,8-10,12,14-15H2,1H3. The molecule has 1 N–H and O–H groups in total. The number of anilines is 1. The lowest BCUT2D eigenvalue weighted by molar-refractivity contribution is 0.314. The Morgan fingerprint density at radius 2 is 1.95 bits per heavy atom. The van der Waals surface area contributed by atoms with Gasteiger partial charge < -0.3 is 10.2 Å². The highest BCUT2D eigenvalue weighted by Crippen LogP contribution is 2.24. The molecule has 1 aliphatic carbocycles. The Labute approximate surface area is 129 Å². The molecule has 2 fully saturated rings. The molecule has 1 unspecified atom stereocenters. The quantitative estimate of drug-likeness (QED) is 0.895. The molecule has 2 aliphatic rings. The van der Waals surface area contributed by atoms with E-state index in [2.05, 4.69) is 41.4 Å². The van der Waals surface area contributed by atoms with E-state index in [4.69, 9.17) is 0 Å². The van der Waals surface area contributed by atoms with E-state index in [1.807, 2.05) is 0 Å². The highest BCUT2D eigenvalue weighted by atomic mass is 15.2. The third kappa shape index (κ3) is 4.23.